The van der Waals surface area contributed by atoms with Gasteiger partial charge < -0.3 is 10.6 Å². The van der Waals surface area contributed by atoms with Crippen LogP contribution in [0, 0.1) is 18.7 Å². The Morgan fingerprint density at radius 3 is 2.63 bits per heavy atom. The lowest BCUT2D eigenvalue weighted by Gasteiger charge is -2.22. The Hall–Kier alpha value is -0.930. The Morgan fingerprint density at radius 1 is 1.37 bits per heavy atom. The molecule has 1 rings (SSSR count). The van der Waals surface area contributed by atoms with Crippen molar-refractivity contribution in [3.05, 3.63) is 35.1 Å². The van der Waals surface area contributed by atoms with Gasteiger partial charge in [0.05, 0.1) is 0 Å². The average Bonchev–Trinajstić information content (AvgIpc) is 2.39. The minimum absolute atomic E-state index is 0.0884. The molecule has 2 unspecified atom stereocenters. The van der Waals surface area contributed by atoms with Gasteiger partial charge in [0.25, 0.3) is 0 Å². The maximum atomic E-state index is 13.5. The third kappa shape index (κ3) is 5.29. The Bertz CT molecular complexity index is 392. The summed E-state index contributed by atoms with van der Waals surface area (Å²) in [6.45, 7) is 8.27. The summed E-state index contributed by atoms with van der Waals surface area (Å²) < 4.78 is 13.5. The molecule has 0 saturated carbocycles. The number of nitrogens with two attached hydrogens (primary N) is 1. The van der Waals surface area contributed by atoms with Crippen molar-refractivity contribution in [1.29, 1.82) is 0 Å². The van der Waals surface area contributed by atoms with E-state index in [0.29, 0.717) is 11.5 Å². The van der Waals surface area contributed by atoms with Crippen LogP contribution in [0.1, 0.15) is 43.9 Å². The second-order valence-corrected chi connectivity index (χ2v) is 5.68. The first-order chi connectivity index (χ1) is 8.93. The molecule has 0 saturated heterocycles. The molecule has 2 atom stereocenters. The van der Waals surface area contributed by atoms with Gasteiger partial charge >= 0.3 is 0 Å². The molecule has 2 N–H and O–H groups in total. The molecule has 0 aliphatic carbocycles. The van der Waals surface area contributed by atoms with E-state index < -0.39 is 0 Å². The van der Waals surface area contributed by atoms with E-state index in [-0.39, 0.29) is 11.9 Å². The molecular weight excluding hydrogens is 239 g/mol. The molecule has 0 bridgehead atoms. The standard InChI is InChI=1S/C16H27FN2/c1-5-12(2)11-19(4)9-8-16(18)14-7-6-13(3)15(17)10-14/h6-7,10,12,16H,5,8-9,11,18H2,1-4H3. The van der Waals surface area contributed by atoms with E-state index >= 15 is 0 Å². The summed E-state index contributed by atoms with van der Waals surface area (Å²) in [6, 6.07) is 5.20. The van der Waals surface area contributed by atoms with E-state index in [1.54, 1.807) is 19.1 Å². The highest BCUT2D eigenvalue weighted by Crippen LogP contribution is 2.18. The van der Waals surface area contributed by atoms with E-state index in [4.69, 9.17) is 5.73 Å². The minimum atomic E-state index is -0.166. The van der Waals surface area contributed by atoms with Crippen LogP contribution < -0.4 is 5.73 Å². The molecule has 1 aromatic rings. The summed E-state index contributed by atoms with van der Waals surface area (Å²) in [4.78, 5) is 2.30. The van der Waals surface area contributed by atoms with Crippen molar-refractivity contribution in [3.63, 3.8) is 0 Å². The van der Waals surface area contributed by atoms with Crippen molar-refractivity contribution in [2.24, 2.45) is 11.7 Å². The van der Waals surface area contributed by atoms with Gasteiger partial charge in [-0.05, 0) is 50.0 Å². The highest BCUT2D eigenvalue weighted by molar-refractivity contribution is 5.25. The smallest absolute Gasteiger partial charge is 0.126 e. The number of rotatable bonds is 7. The van der Waals surface area contributed by atoms with Gasteiger partial charge in [0, 0.05) is 12.6 Å². The third-order valence-corrected chi connectivity index (χ3v) is 3.77. The van der Waals surface area contributed by atoms with E-state index in [0.717, 1.165) is 25.1 Å². The quantitative estimate of drug-likeness (QED) is 0.818. The fourth-order valence-electron chi connectivity index (χ4n) is 2.12. The number of benzene rings is 1. The van der Waals surface area contributed by atoms with Crippen LogP contribution in [0.5, 0.6) is 0 Å². The maximum Gasteiger partial charge on any atom is 0.126 e. The monoisotopic (exact) mass is 266 g/mol. The van der Waals surface area contributed by atoms with Crippen molar-refractivity contribution in [2.45, 2.75) is 39.7 Å². The number of aryl methyl sites for hydroxylation is 1. The highest BCUT2D eigenvalue weighted by Gasteiger charge is 2.10. The van der Waals surface area contributed by atoms with Crippen molar-refractivity contribution in [1.82, 2.24) is 4.90 Å². The van der Waals surface area contributed by atoms with Gasteiger partial charge in [-0.3, -0.25) is 0 Å². The zero-order chi connectivity index (χ0) is 14.4. The predicted octanol–water partition coefficient (Wildman–Crippen LogP) is 3.50. The van der Waals surface area contributed by atoms with E-state index in [9.17, 15) is 4.39 Å². The van der Waals surface area contributed by atoms with Gasteiger partial charge in [-0.1, -0.05) is 32.4 Å². The topological polar surface area (TPSA) is 29.3 Å². The van der Waals surface area contributed by atoms with Gasteiger partial charge in [0.15, 0.2) is 0 Å². The lowest BCUT2D eigenvalue weighted by atomic mass is 10.0. The van der Waals surface area contributed by atoms with E-state index in [1.165, 1.54) is 6.42 Å². The normalized spacial score (nSPS) is 14.7. The minimum Gasteiger partial charge on any atom is -0.324 e. The van der Waals surface area contributed by atoms with E-state index in [2.05, 4.69) is 25.8 Å². The van der Waals surface area contributed by atoms with Gasteiger partial charge in [-0.15, -0.1) is 0 Å². The molecular formula is C16H27FN2. The summed E-state index contributed by atoms with van der Waals surface area (Å²) in [6.07, 6.45) is 2.05. The van der Waals surface area contributed by atoms with Crippen LogP contribution in [0.25, 0.3) is 0 Å². The molecule has 0 aromatic heterocycles. The molecule has 1 aromatic carbocycles. The zero-order valence-corrected chi connectivity index (χ0v) is 12.6. The molecule has 0 heterocycles. The Labute approximate surface area is 116 Å². The SMILES string of the molecule is CCC(C)CN(C)CCC(N)c1ccc(C)c(F)c1. The second kappa shape index (κ2) is 7.61. The number of hydrogen-bond acceptors (Lipinski definition) is 2. The Balaban J connectivity index is 2.46. The molecule has 3 heteroatoms. The molecule has 0 radical (unpaired) electrons. The van der Waals surface area contributed by atoms with E-state index in [1.807, 2.05) is 6.07 Å². The second-order valence-electron chi connectivity index (χ2n) is 5.68. The molecule has 0 fully saturated rings. The van der Waals surface area contributed by atoms with Crippen molar-refractivity contribution in [3.8, 4) is 0 Å². The lowest BCUT2D eigenvalue weighted by Crippen LogP contribution is -2.27. The van der Waals surface area contributed by atoms with Crippen molar-refractivity contribution >= 4 is 0 Å². The maximum absolute atomic E-state index is 13.5. The first-order valence-electron chi connectivity index (χ1n) is 7.14. The summed E-state index contributed by atoms with van der Waals surface area (Å²) >= 11 is 0. The summed E-state index contributed by atoms with van der Waals surface area (Å²) in [5.41, 5.74) is 7.69. The number of nitrogens with zero attached hydrogens (tertiary/aromatic N) is 1. The van der Waals surface area contributed by atoms with Crippen molar-refractivity contribution in [2.75, 3.05) is 20.1 Å². The third-order valence-electron chi connectivity index (χ3n) is 3.77. The van der Waals surface area contributed by atoms with Gasteiger partial charge in [0.1, 0.15) is 5.82 Å². The molecule has 0 aliphatic rings. The highest BCUT2D eigenvalue weighted by atomic mass is 19.1. The van der Waals surface area contributed by atoms with Crippen molar-refractivity contribution < 1.29 is 4.39 Å². The van der Waals surface area contributed by atoms with Crippen LogP contribution in [0.4, 0.5) is 4.39 Å². The fraction of sp³-hybridized carbons (Fsp3) is 0.625. The first kappa shape index (κ1) is 16.1. The zero-order valence-electron chi connectivity index (χ0n) is 12.6. The van der Waals surface area contributed by atoms with Crippen LogP contribution >= 0.6 is 0 Å². The largest absolute Gasteiger partial charge is 0.324 e. The number of halogens is 1. The van der Waals surface area contributed by atoms with Crippen LogP contribution in [0.2, 0.25) is 0 Å². The van der Waals surface area contributed by atoms with Crippen LogP contribution in [0.3, 0.4) is 0 Å². The summed E-state index contributed by atoms with van der Waals surface area (Å²) in [7, 11) is 2.12. The summed E-state index contributed by atoms with van der Waals surface area (Å²) in [5, 5.41) is 0. The predicted molar refractivity (Wildman–Crippen MR) is 79.6 cm³/mol. The molecule has 0 amide bonds. The first-order valence-corrected chi connectivity index (χ1v) is 7.14. The lowest BCUT2D eigenvalue weighted by molar-refractivity contribution is 0.272. The van der Waals surface area contributed by atoms with Crippen LogP contribution in [0.15, 0.2) is 18.2 Å². The van der Waals surface area contributed by atoms with Crippen LogP contribution in [-0.4, -0.2) is 25.0 Å². The van der Waals surface area contributed by atoms with Gasteiger partial charge in [-0.2, -0.15) is 0 Å². The van der Waals surface area contributed by atoms with Gasteiger partial charge in [0.2, 0.25) is 0 Å². The molecule has 2 nitrogen and oxygen atoms in total. The van der Waals surface area contributed by atoms with Crippen LogP contribution in [-0.2, 0) is 0 Å². The molecule has 108 valence electrons. The molecule has 0 spiro atoms. The van der Waals surface area contributed by atoms with Gasteiger partial charge in [-0.25, -0.2) is 4.39 Å². The molecule has 0 aliphatic heterocycles. The Kier molecular flexibility index (Phi) is 6.46. The Morgan fingerprint density at radius 2 is 2.05 bits per heavy atom. The fourth-order valence-corrected chi connectivity index (χ4v) is 2.12. The summed E-state index contributed by atoms with van der Waals surface area (Å²) in [5.74, 6) is 0.541. The average molecular weight is 266 g/mol. The molecule has 19 heavy (non-hydrogen) atoms. The number of hydrogen-bond donors (Lipinski definition) is 1.